The molecule has 0 fully saturated rings. The van der Waals surface area contributed by atoms with E-state index in [0.717, 1.165) is 5.69 Å². The zero-order valence-electron chi connectivity index (χ0n) is 9.85. The lowest BCUT2D eigenvalue weighted by molar-refractivity contribution is -0.143. The molecule has 0 unspecified atom stereocenters. The molecule has 0 aliphatic heterocycles. The zero-order chi connectivity index (χ0) is 12.8. The Morgan fingerprint density at radius 1 is 1.41 bits per heavy atom. The molecular weight excluding hydrogens is 242 g/mol. The second kappa shape index (κ2) is 6.15. The van der Waals surface area contributed by atoms with Gasteiger partial charge in [0, 0.05) is 11.1 Å². The molecule has 6 heteroatoms. The first-order chi connectivity index (χ1) is 8.06. The number of aromatic nitrogens is 1. The van der Waals surface area contributed by atoms with Crippen molar-refractivity contribution in [2.45, 2.75) is 13.3 Å². The summed E-state index contributed by atoms with van der Waals surface area (Å²) in [6, 6.07) is 0. The molecule has 1 aromatic rings. The molecule has 0 aliphatic rings. The number of hydrogen-bond acceptors (Lipinski definition) is 6. The fourth-order valence-electron chi connectivity index (χ4n) is 1.13. The third-order valence-corrected chi connectivity index (χ3v) is 2.85. The molecule has 0 amide bonds. The number of esters is 2. The van der Waals surface area contributed by atoms with Crippen LogP contribution in [0.15, 0.2) is 11.0 Å². The summed E-state index contributed by atoms with van der Waals surface area (Å²) in [4.78, 5) is 26.8. The minimum Gasteiger partial charge on any atom is -0.469 e. The Hall–Kier alpha value is -1.69. The predicted octanol–water partition coefficient (Wildman–Crippen LogP) is 1.57. The fraction of sp³-hybridized carbons (Fsp3) is 0.364. The van der Waals surface area contributed by atoms with Crippen LogP contribution in [0.2, 0.25) is 0 Å². The molecule has 92 valence electrons. The van der Waals surface area contributed by atoms with Crippen LogP contribution in [0, 0.1) is 6.92 Å². The van der Waals surface area contributed by atoms with E-state index in [0.29, 0.717) is 5.01 Å². The van der Waals surface area contributed by atoms with Crippen molar-refractivity contribution in [3.63, 3.8) is 0 Å². The average Bonchev–Trinajstić information content (AvgIpc) is 2.72. The van der Waals surface area contributed by atoms with Gasteiger partial charge in [-0.25, -0.2) is 9.78 Å². The van der Waals surface area contributed by atoms with Crippen molar-refractivity contribution >= 4 is 29.4 Å². The van der Waals surface area contributed by atoms with Gasteiger partial charge in [-0.05, 0) is 13.0 Å². The second-order valence-corrected chi connectivity index (χ2v) is 4.13. The van der Waals surface area contributed by atoms with Crippen LogP contribution in [-0.4, -0.2) is 31.1 Å². The lowest BCUT2D eigenvalue weighted by Gasteiger charge is -2.03. The van der Waals surface area contributed by atoms with Gasteiger partial charge in [0.25, 0.3) is 0 Å². The van der Waals surface area contributed by atoms with E-state index in [1.54, 1.807) is 6.08 Å². The SMILES string of the molecule is COC(=O)C/C(=C\c1nc(C)cs1)C(=O)OC. The standard InChI is InChI=1S/C11H13NO4S/c1-7-6-17-9(12-7)4-8(11(14)16-3)5-10(13)15-2/h4,6H,5H2,1-3H3/b8-4+. The summed E-state index contributed by atoms with van der Waals surface area (Å²) in [5, 5.41) is 2.52. The molecule has 0 spiro atoms. The van der Waals surface area contributed by atoms with E-state index in [9.17, 15) is 9.59 Å². The molecule has 1 rings (SSSR count). The Kier molecular flexibility index (Phi) is 4.84. The quantitative estimate of drug-likeness (QED) is 0.603. The maximum atomic E-state index is 11.5. The van der Waals surface area contributed by atoms with Gasteiger partial charge >= 0.3 is 11.9 Å². The third-order valence-electron chi connectivity index (χ3n) is 1.94. The minimum absolute atomic E-state index is 0.123. The summed E-state index contributed by atoms with van der Waals surface area (Å²) >= 11 is 1.39. The maximum Gasteiger partial charge on any atom is 0.334 e. The van der Waals surface area contributed by atoms with Gasteiger partial charge in [-0.3, -0.25) is 4.79 Å². The van der Waals surface area contributed by atoms with Gasteiger partial charge in [-0.1, -0.05) is 0 Å². The lowest BCUT2D eigenvalue weighted by atomic mass is 10.2. The van der Waals surface area contributed by atoms with Crippen molar-refractivity contribution in [3.05, 3.63) is 21.7 Å². The number of nitrogens with zero attached hydrogens (tertiary/aromatic N) is 1. The summed E-state index contributed by atoms with van der Waals surface area (Å²) in [7, 11) is 2.53. The van der Waals surface area contributed by atoms with E-state index in [1.165, 1.54) is 25.6 Å². The topological polar surface area (TPSA) is 65.5 Å². The predicted molar refractivity (Wildman–Crippen MR) is 63.5 cm³/mol. The van der Waals surface area contributed by atoms with Crippen molar-refractivity contribution in [1.29, 1.82) is 0 Å². The number of carbonyl (C=O) groups excluding carboxylic acids is 2. The molecule has 1 aromatic heterocycles. The van der Waals surface area contributed by atoms with Gasteiger partial charge in [0.2, 0.25) is 0 Å². The first-order valence-corrected chi connectivity index (χ1v) is 5.72. The Bertz CT molecular complexity index is 450. The van der Waals surface area contributed by atoms with E-state index in [1.807, 2.05) is 12.3 Å². The van der Waals surface area contributed by atoms with E-state index in [-0.39, 0.29) is 12.0 Å². The largest absolute Gasteiger partial charge is 0.469 e. The molecule has 1 heterocycles. The smallest absolute Gasteiger partial charge is 0.334 e. The van der Waals surface area contributed by atoms with Crippen LogP contribution >= 0.6 is 11.3 Å². The molecular formula is C11H13NO4S. The number of carbonyl (C=O) groups is 2. The highest BCUT2D eigenvalue weighted by Gasteiger charge is 2.15. The number of thiazole rings is 1. The van der Waals surface area contributed by atoms with Gasteiger partial charge in [0.15, 0.2) is 0 Å². The summed E-state index contributed by atoms with van der Waals surface area (Å²) in [5.41, 5.74) is 1.09. The molecule has 0 saturated carbocycles. The number of aryl methyl sites for hydroxylation is 1. The Balaban J connectivity index is 2.93. The number of hydrogen-bond donors (Lipinski definition) is 0. The van der Waals surface area contributed by atoms with E-state index in [2.05, 4.69) is 14.5 Å². The van der Waals surface area contributed by atoms with Gasteiger partial charge in [-0.15, -0.1) is 11.3 Å². The Morgan fingerprint density at radius 2 is 2.12 bits per heavy atom. The first-order valence-electron chi connectivity index (χ1n) is 4.84. The molecule has 17 heavy (non-hydrogen) atoms. The molecule has 0 radical (unpaired) electrons. The molecule has 0 aliphatic carbocycles. The van der Waals surface area contributed by atoms with E-state index < -0.39 is 11.9 Å². The Labute approximate surface area is 103 Å². The summed E-state index contributed by atoms with van der Waals surface area (Å²) in [5.74, 6) is -1.04. The van der Waals surface area contributed by atoms with Crippen molar-refractivity contribution in [2.24, 2.45) is 0 Å². The highest BCUT2D eigenvalue weighted by Crippen LogP contribution is 2.16. The first kappa shape index (κ1) is 13.4. The van der Waals surface area contributed by atoms with Crippen LogP contribution in [-0.2, 0) is 19.1 Å². The number of rotatable bonds is 4. The molecule has 0 saturated heterocycles. The summed E-state index contributed by atoms with van der Waals surface area (Å²) < 4.78 is 9.11. The Morgan fingerprint density at radius 3 is 2.59 bits per heavy atom. The monoisotopic (exact) mass is 255 g/mol. The summed E-state index contributed by atoms with van der Waals surface area (Å²) in [6.07, 6.45) is 1.42. The molecule has 0 aromatic carbocycles. The third kappa shape index (κ3) is 3.99. The van der Waals surface area contributed by atoms with Crippen LogP contribution in [0.25, 0.3) is 6.08 Å². The van der Waals surface area contributed by atoms with Crippen molar-refractivity contribution in [2.75, 3.05) is 14.2 Å². The molecule has 0 bridgehead atoms. The van der Waals surface area contributed by atoms with Gasteiger partial charge in [0.1, 0.15) is 5.01 Å². The zero-order valence-corrected chi connectivity index (χ0v) is 10.7. The molecule has 5 nitrogen and oxygen atoms in total. The van der Waals surface area contributed by atoms with Crippen molar-refractivity contribution < 1.29 is 19.1 Å². The van der Waals surface area contributed by atoms with E-state index >= 15 is 0 Å². The molecule has 0 N–H and O–H groups in total. The molecule has 0 atom stereocenters. The normalized spacial score (nSPS) is 11.1. The average molecular weight is 255 g/mol. The van der Waals surface area contributed by atoms with Gasteiger partial charge in [0.05, 0.1) is 26.2 Å². The van der Waals surface area contributed by atoms with Crippen molar-refractivity contribution in [1.82, 2.24) is 4.98 Å². The van der Waals surface area contributed by atoms with E-state index in [4.69, 9.17) is 0 Å². The highest BCUT2D eigenvalue weighted by molar-refractivity contribution is 7.10. The fourth-order valence-corrected chi connectivity index (χ4v) is 1.88. The summed E-state index contributed by atoms with van der Waals surface area (Å²) in [6.45, 7) is 1.85. The number of ether oxygens (including phenoxy) is 2. The maximum absolute atomic E-state index is 11.5. The van der Waals surface area contributed by atoms with Gasteiger partial charge < -0.3 is 9.47 Å². The minimum atomic E-state index is -0.553. The van der Waals surface area contributed by atoms with Gasteiger partial charge in [-0.2, -0.15) is 0 Å². The lowest BCUT2D eigenvalue weighted by Crippen LogP contribution is -2.10. The second-order valence-electron chi connectivity index (χ2n) is 3.24. The van der Waals surface area contributed by atoms with Crippen LogP contribution in [0.5, 0.6) is 0 Å². The number of methoxy groups -OCH3 is 2. The van der Waals surface area contributed by atoms with Crippen LogP contribution < -0.4 is 0 Å². The van der Waals surface area contributed by atoms with Crippen LogP contribution in [0.3, 0.4) is 0 Å². The van der Waals surface area contributed by atoms with Crippen LogP contribution in [0.4, 0.5) is 0 Å². The van der Waals surface area contributed by atoms with Crippen molar-refractivity contribution in [3.8, 4) is 0 Å². The van der Waals surface area contributed by atoms with Crippen LogP contribution in [0.1, 0.15) is 17.1 Å². The highest BCUT2D eigenvalue weighted by atomic mass is 32.1.